The van der Waals surface area contributed by atoms with E-state index in [4.69, 9.17) is 0 Å². The number of allylic oxidation sites excluding steroid dienone is 1. The lowest BCUT2D eigenvalue weighted by Gasteiger charge is -2.42. The number of carbonyl (C=O) groups excluding carboxylic acids is 1. The number of hydrogen-bond acceptors (Lipinski definition) is 3. The van der Waals surface area contributed by atoms with E-state index in [0.29, 0.717) is 5.69 Å². The van der Waals surface area contributed by atoms with Gasteiger partial charge >= 0.3 is 0 Å². The third kappa shape index (κ3) is 3.20. The number of rotatable bonds is 3. The van der Waals surface area contributed by atoms with Crippen LogP contribution in [-0.4, -0.2) is 15.9 Å². The molecule has 1 heterocycles. The first-order chi connectivity index (χ1) is 12.0. The van der Waals surface area contributed by atoms with Crippen molar-refractivity contribution in [1.29, 1.82) is 0 Å². The third-order valence-corrected chi connectivity index (χ3v) is 5.78. The lowest BCUT2D eigenvalue weighted by molar-refractivity contribution is -0.256. The average molecular weight is 351 g/mol. The summed E-state index contributed by atoms with van der Waals surface area (Å²) in [6.45, 7) is 13.5. The first kappa shape index (κ1) is 18.4. The molecule has 4 heteroatoms. The molecular formula is C22H27N2O2-. The second kappa shape index (κ2) is 6.11. The van der Waals surface area contributed by atoms with Crippen LogP contribution in [0.5, 0.6) is 0 Å². The van der Waals surface area contributed by atoms with E-state index in [1.165, 1.54) is 41.3 Å². The van der Waals surface area contributed by atoms with Gasteiger partial charge in [-0.05, 0) is 71.4 Å². The lowest BCUT2D eigenvalue weighted by Crippen LogP contribution is -2.34. The molecule has 1 aliphatic rings. The first-order valence-corrected chi connectivity index (χ1v) is 9.12. The second-order valence-corrected chi connectivity index (χ2v) is 8.78. The van der Waals surface area contributed by atoms with E-state index in [1.807, 2.05) is 6.08 Å². The van der Waals surface area contributed by atoms with Crippen LogP contribution in [0.4, 0.5) is 0 Å². The van der Waals surface area contributed by atoms with Crippen molar-refractivity contribution in [3.63, 3.8) is 0 Å². The van der Waals surface area contributed by atoms with Gasteiger partial charge in [-0.15, -0.1) is 0 Å². The van der Waals surface area contributed by atoms with Gasteiger partial charge in [-0.25, -0.2) is 4.98 Å². The molecule has 0 spiro atoms. The maximum absolute atomic E-state index is 10.9. The van der Waals surface area contributed by atoms with Gasteiger partial charge in [-0.2, -0.15) is 0 Å². The molecule has 26 heavy (non-hydrogen) atoms. The minimum absolute atomic E-state index is 0.144. The summed E-state index contributed by atoms with van der Waals surface area (Å²) in [5.74, 6) is -1.44. The fraction of sp³-hybridized carbons (Fsp3) is 0.455. The number of aromatic nitrogens is 2. The molecule has 0 atom stereocenters. The molecule has 0 radical (unpaired) electrons. The van der Waals surface area contributed by atoms with E-state index in [9.17, 15) is 9.90 Å². The summed E-state index contributed by atoms with van der Waals surface area (Å²) in [6.07, 6.45) is 5.83. The number of aromatic amines is 1. The largest absolute Gasteiger partial charge is 0.542 e. The lowest BCUT2D eigenvalue weighted by atomic mass is 9.62. The number of aromatic carboxylic acids is 1. The number of fused-ring (bicyclic) bond motifs is 1. The van der Waals surface area contributed by atoms with Crippen molar-refractivity contribution >= 4 is 17.6 Å². The Balaban J connectivity index is 2.08. The van der Waals surface area contributed by atoms with Crippen molar-refractivity contribution in [1.82, 2.24) is 9.97 Å². The van der Waals surface area contributed by atoms with Crippen LogP contribution in [0.3, 0.4) is 0 Å². The number of carbonyl (C=O) groups is 1. The van der Waals surface area contributed by atoms with Crippen LogP contribution in [0.1, 0.15) is 86.0 Å². The van der Waals surface area contributed by atoms with Crippen LogP contribution in [0.25, 0.3) is 11.6 Å². The fourth-order valence-electron chi connectivity index (χ4n) is 3.97. The van der Waals surface area contributed by atoms with E-state index in [1.54, 1.807) is 0 Å². The van der Waals surface area contributed by atoms with Crippen molar-refractivity contribution in [3.8, 4) is 0 Å². The Morgan fingerprint density at radius 1 is 1.15 bits per heavy atom. The summed E-state index contributed by atoms with van der Waals surface area (Å²) in [5.41, 5.74) is 7.39. The molecule has 1 N–H and O–H groups in total. The summed E-state index contributed by atoms with van der Waals surface area (Å²) < 4.78 is 0. The third-order valence-electron chi connectivity index (χ3n) is 5.78. The quantitative estimate of drug-likeness (QED) is 0.909. The number of carboxylic acids is 1. The molecule has 4 nitrogen and oxygen atoms in total. The van der Waals surface area contributed by atoms with Crippen LogP contribution in [0.2, 0.25) is 0 Å². The van der Waals surface area contributed by atoms with Gasteiger partial charge in [0.1, 0.15) is 5.97 Å². The number of benzene rings is 1. The fourth-order valence-corrected chi connectivity index (χ4v) is 3.97. The highest BCUT2D eigenvalue weighted by Crippen LogP contribution is 2.47. The summed E-state index contributed by atoms with van der Waals surface area (Å²) in [6, 6.07) is 4.66. The van der Waals surface area contributed by atoms with Crippen molar-refractivity contribution < 1.29 is 9.90 Å². The van der Waals surface area contributed by atoms with Crippen molar-refractivity contribution in [2.45, 2.75) is 65.2 Å². The molecule has 138 valence electrons. The highest BCUT2D eigenvalue weighted by molar-refractivity contribution is 5.84. The van der Waals surface area contributed by atoms with Crippen molar-refractivity contribution in [2.75, 3.05) is 0 Å². The highest BCUT2D eigenvalue weighted by Gasteiger charge is 2.37. The van der Waals surface area contributed by atoms with E-state index in [-0.39, 0.29) is 16.7 Å². The molecule has 0 bridgehead atoms. The first-order valence-electron chi connectivity index (χ1n) is 9.12. The normalized spacial score (nSPS) is 18.5. The molecular weight excluding hydrogens is 324 g/mol. The van der Waals surface area contributed by atoms with E-state index >= 15 is 0 Å². The average Bonchev–Trinajstić information content (AvgIpc) is 3.00. The number of carboxylic acid groups (broad SMARTS) is 1. The minimum atomic E-state index is -1.30. The van der Waals surface area contributed by atoms with Gasteiger partial charge in [0, 0.05) is 0 Å². The van der Waals surface area contributed by atoms with E-state index in [2.05, 4.69) is 63.6 Å². The van der Waals surface area contributed by atoms with Gasteiger partial charge in [0.05, 0.1) is 11.9 Å². The Kier molecular flexibility index (Phi) is 4.33. The van der Waals surface area contributed by atoms with Crippen LogP contribution in [-0.2, 0) is 10.8 Å². The Hall–Kier alpha value is -2.36. The molecule has 0 unspecified atom stereocenters. The molecule has 0 aliphatic heterocycles. The number of aryl methyl sites for hydroxylation is 1. The number of imidazole rings is 1. The summed E-state index contributed by atoms with van der Waals surface area (Å²) >= 11 is 0. The standard InChI is InChI=1S/C22H28N2O2/c1-13(9-15-12-23-19(24-15)20(25)26)16-11-18-17(10-14(16)2)21(3,4)7-8-22(18,5)6/h9-12H,7-8H2,1-6H3,(H,23,24)(H,25,26)/p-1/b13-9+. The predicted molar refractivity (Wildman–Crippen MR) is 103 cm³/mol. The maximum Gasteiger partial charge on any atom is 0.153 e. The molecule has 0 saturated carbocycles. The number of H-pyrrole nitrogens is 1. The Bertz CT molecular complexity index is 901. The smallest absolute Gasteiger partial charge is 0.153 e. The molecule has 1 aromatic heterocycles. The van der Waals surface area contributed by atoms with E-state index in [0.717, 1.165) is 5.57 Å². The molecule has 1 aliphatic carbocycles. The van der Waals surface area contributed by atoms with Gasteiger partial charge in [0.2, 0.25) is 0 Å². The predicted octanol–water partition coefficient (Wildman–Crippen LogP) is 3.99. The maximum atomic E-state index is 10.9. The van der Waals surface area contributed by atoms with Gasteiger partial charge in [-0.1, -0.05) is 39.8 Å². The monoisotopic (exact) mass is 351 g/mol. The number of nitrogens with one attached hydrogen (secondary N) is 1. The SMILES string of the molecule is C/C(=C\c1cnc(C(=O)[O-])[nH]1)c1cc2c(cc1C)C(C)(C)CCC2(C)C. The zero-order chi connectivity index (χ0) is 19.3. The second-order valence-electron chi connectivity index (χ2n) is 8.78. The molecule has 3 rings (SSSR count). The van der Waals surface area contributed by atoms with Crippen LogP contribution in [0, 0.1) is 6.92 Å². The zero-order valence-corrected chi connectivity index (χ0v) is 16.5. The summed E-state index contributed by atoms with van der Waals surface area (Å²) in [5, 5.41) is 10.9. The highest BCUT2D eigenvalue weighted by atomic mass is 16.4. The van der Waals surface area contributed by atoms with Crippen molar-refractivity contribution in [2.24, 2.45) is 0 Å². The minimum Gasteiger partial charge on any atom is -0.542 e. The molecule has 0 amide bonds. The van der Waals surface area contributed by atoms with Crippen molar-refractivity contribution in [3.05, 3.63) is 52.1 Å². The van der Waals surface area contributed by atoms with Gasteiger partial charge in [0.25, 0.3) is 0 Å². The molecule has 0 fully saturated rings. The summed E-state index contributed by atoms with van der Waals surface area (Å²) in [4.78, 5) is 17.5. The zero-order valence-electron chi connectivity index (χ0n) is 16.5. The topological polar surface area (TPSA) is 68.8 Å². The molecule has 2 aromatic rings. The van der Waals surface area contributed by atoms with Gasteiger partial charge < -0.3 is 14.9 Å². The Morgan fingerprint density at radius 2 is 1.73 bits per heavy atom. The Morgan fingerprint density at radius 3 is 2.27 bits per heavy atom. The number of nitrogens with zero attached hydrogens (tertiary/aromatic N) is 1. The van der Waals surface area contributed by atoms with Gasteiger partial charge in [0.15, 0.2) is 5.82 Å². The number of hydrogen-bond donors (Lipinski definition) is 1. The van der Waals surface area contributed by atoms with Gasteiger partial charge in [-0.3, -0.25) is 0 Å². The molecule has 0 saturated heterocycles. The van der Waals surface area contributed by atoms with Crippen LogP contribution >= 0.6 is 0 Å². The van der Waals surface area contributed by atoms with E-state index < -0.39 is 5.97 Å². The van der Waals surface area contributed by atoms with Crippen LogP contribution in [0.15, 0.2) is 18.3 Å². The Labute approximate surface area is 155 Å². The summed E-state index contributed by atoms with van der Waals surface area (Å²) in [7, 11) is 0. The van der Waals surface area contributed by atoms with Crippen LogP contribution < -0.4 is 5.11 Å². The molecule has 1 aromatic carbocycles.